The van der Waals surface area contributed by atoms with Gasteiger partial charge < -0.3 is 0 Å². The molecule has 0 aromatic heterocycles. The van der Waals surface area contributed by atoms with Crippen molar-refractivity contribution in [2.45, 2.75) is 6.54 Å². The van der Waals surface area contributed by atoms with E-state index in [2.05, 4.69) is 0 Å². The second kappa shape index (κ2) is 4.93. The fraction of sp³-hybridized carbons (Fsp3) is 0.0667. The van der Waals surface area contributed by atoms with Gasteiger partial charge >= 0.3 is 0 Å². The second-order valence-corrected chi connectivity index (χ2v) is 5.33. The van der Waals surface area contributed by atoms with Gasteiger partial charge in [0.15, 0.2) is 0 Å². The highest BCUT2D eigenvalue weighted by molar-refractivity contribution is 6.54. The minimum atomic E-state index is -0.553. The zero-order valence-electron chi connectivity index (χ0n) is 10.3. The van der Waals surface area contributed by atoms with Crippen LogP contribution in [0.2, 0.25) is 10.0 Å². The first kappa shape index (κ1) is 13.2. The summed E-state index contributed by atoms with van der Waals surface area (Å²) in [6.07, 6.45) is 0. The van der Waals surface area contributed by atoms with Gasteiger partial charge in [-0.1, -0.05) is 41.4 Å². The quantitative estimate of drug-likeness (QED) is 0.793. The van der Waals surface area contributed by atoms with E-state index in [1.165, 1.54) is 4.90 Å². The minimum absolute atomic E-state index is 0.290. The summed E-state index contributed by atoms with van der Waals surface area (Å²) in [5.41, 5.74) is 1.72. The molecule has 0 fully saturated rings. The Labute approximate surface area is 125 Å². The highest BCUT2D eigenvalue weighted by atomic mass is 35.5. The topological polar surface area (TPSA) is 37.4 Å². The molecule has 100 valence electrons. The van der Waals surface area contributed by atoms with E-state index in [4.69, 9.17) is 23.2 Å². The zero-order chi connectivity index (χ0) is 14.3. The number of hydrogen-bond acceptors (Lipinski definition) is 2. The predicted molar refractivity (Wildman–Crippen MR) is 78.4 cm³/mol. The molecule has 2 aromatic rings. The fourth-order valence-corrected chi connectivity index (χ4v) is 2.64. The predicted octanol–water partition coefficient (Wildman–Crippen LogP) is 3.72. The van der Waals surface area contributed by atoms with Crippen LogP contribution in [0.5, 0.6) is 0 Å². The van der Waals surface area contributed by atoms with E-state index in [9.17, 15) is 9.59 Å². The van der Waals surface area contributed by atoms with Crippen LogP contribution in [0.4, 0.5) is 5.69 Å². The van der Waals surface area contributed by atoms with E-state index in [-0.39, 0.29) is 0 Å². The molecule has 3 rings (SSSR count). The SMILES string of the molecule is O=C1C(=O)N(Cc2ccc(Cl)cc2)c2c(Cl)cccc21. The van der Waals surface area contributed by atoms with Gasteiger partial charge in [0, 0.05) is 5.02 Å². The maximum Gasteiger partial charge on any atom is 0.299 e. The Morgan fingerprint density at radius 3 is 2.35 bits per heavy atom. The normalized spacial score (nSPS) is 13.8. The van der Waals surface area contributed by atoms with Crippen LogP contribution < -0.4 is 4.90 Å². The molecule has 1 heterocycles. The number of carbonyl (C=O) groups excluding carboxylic acids is 2. The number of hydrogen-bond donors (Lipinski definition) is 0. The molecule has 0 spiro atoms. The van der Waals surface area contributed by atoms with Crippen LogP contribution in [0.15, 0.2) is 42.5 Å². The third-order valence-electron chi connectivity index (χ3n) is 3.19. The lowest BCUT2D eigenvalue weighted by Gasteiger charge is -2.17. The van der Waals surface area contributed by atoms with Gasteiger partial charge in [0.05, 0.1) is 22.8 Å². The number of para-hydroxylation sites is 1. The molecule has 1 amide bonds. The molecule has 0 N–H and O–H groups in total. The van der Waals surface area contributed by atoms with Gasteiger partial charge in [-0.25, -0.2) is 0 Å². The summed E-state index contributed by atoms with van der Waals surface area (Å²) < 4.78 is 0. The highest BCUT2D eigenvalue weighted by Crippen LogP contribution is 2.36. The summed E-state index contributed by atoms with van der Waals surface area (Å²) in [6, 6.07) is 12.1. The van der Waals surface area contributed by atoms with Gasteiger partial charge in [0.1, 0.15) is 0 Å². The third-order valence-corrected chi connectivity index (χ3v) is 3.75. The number of benzene rings is 2. The van der Waals surface area contributed by atoms with Crippen molar-refractivity contribution >= 4 is 40.6 Å². The van der Waals surface area contributed by atoms with Crippen LogP contribution >= 0.6 is 23.2 Å². The first-order valence-electron chi connectivity index (χ1n) is 5.97. The number of nitrogens with zero attached hydrogens (tertiary/aromatic N) is 1. The molecule has 3 nitrogen and oxygen atoms in total. The van der Waals surface area contributed by atoms with Crippen LogP contribution in [0.25, 0.3) is 0 Å². The molecule has 1 aliphatic rings. The summed E-state index contributed by atoms with van der Waals surface area (Å²) >= 11 is 11.9. The average Bonchev–Trinajstić information content (AvgIpc) is 2.68. The Morgan fingerprint density at radius 2 is 1.65 bits per heavy atom. The van der Waals surface area contributed by atoms with Crippen molar-refractivity contribution in [1.29, 1.82) is 0 Å². The molecule has 0 saturated carbocycles. The lowest BCUT2D eigenvalue weighted by Crippen LogP contribution is -2.29. The third kappa shape index (κ3) is 2.09. The number of anilines is 1. The van der Waals surface area contributed by atoms with Crippen molar-refractivity contribution in [2.24, 2.45) is 0 Å². The number of ketones is 1. The van der Waals surface area contributed by atoms with E-state index in [0.29, 0.717) is 27.8 Å². The summed E-state index contributed by atoms with van der Waals surface area (Å²) in [5, 5.41) is 1.02. The molecule has 1 aliphatic heterocycles. The molecule has 0 atom stereocenters. The molecule has 0 radical (unpaired) electrons. The first-order valence-corrected chi connectivity index (χ1v) is 6.72. The van der Waals surface area contributed by atoms with Gasteiger partial charge in [-0.2, -0.15) is 0 Å². The van der Waals surface area contributed by atoms with Crippen LogP contribution in [0.3, 0.4) is 0 Å². The van der Waals surface area contributed by atoms with Crippen LogP contribution in [-0.2, 0) is 11.3 Å². The maximum atomic E-state index is 12.1. The molecule has 0 unspecified atom stereocenters. The van der Waals surface area contributed by atoms with Crippen LogP contribution in [-0.4, -0.2) is 11.7 Å². The largest absolute Gasteiger partial charge is 0.299 e. The summed E-state index contributed by atoms with van der Waals surface area (Å²) in [6.45, 7) is 0.290. The number of carbonyl (C=O) groups is 2. The number of rotatable bonds is 2. The minimum Gasteiger partial charge on any atom is -0.299 e. The smallest absolute Gasteiger partial charge is 0.299 e. The van der Waals surface area contributed by atoms with E-state index in [1.54, 1.807) is 30.3 Å². The van der Waals surface area contributed by atoms with E-state index < -0.39 is 11.7 Å². The highest BCUT2D eigenvalue weighted by Gasteiger charge is 2.37. The van der Waals surface area contributed by atoms with Crippen LogP contribution in [0.1, 0.15) is 15.9 Å². The van der Waals surface area contributed by atoms with Crippen molar-refractivity contribution in [3.8, 4) is 0 Å². The Hall–Kier alpha value is -1.84. The number of fused-ring (bicyclic) bond motifs is 1. The van der Waals surface area contributed by atoms with Crippen molar-refractivity contribution < 1.29 is 9.59 Å². The molecule has 0 bridgehead atoms. The van der Waals surface area contributed by atoms with Crippen molar-refractivity contribution in [3.05, 3.63) is 63.6 Å². The zero-order valence-corrected chi connectivity index (χ0v) is 11.8. The van der Waals surface area contributed by atoms with Crippen molar-refractivity contribution in [3.63, 3.8) is 0 Å². The van der Waals surface area contributed by atoms with Gasteiger partial charge in [-0.15, -0.1) is 0 Å². The standard InChI is InChI=1S/C15H9Cl2NO2/c16-10-6-4-9(5-7-10)8-18-13-11(14(19)15(18)20)2-1-3-12(13)17/h1-7H,8H2. The van der Waals surface area contributed by atoms with E-state index in [0.717, 1.165) is 5.56 Å². The summed E-state index contributed by atoms with van der Waals surface area (Å²) in [7, 11) is 0. The molecule has 20 heavy (non-hydrogen) atoms. The van der Waals surface area contributed by atoms with Gasteiger partial charge in [-0.3, -0.25) is 14.5 Å². The Bertz CT molecular complexity index is 710. The Kier molecular flexibility index (Phi) is 3.24. The number of Topliss-reactive ketones (excluding diaryl/α,β-unsaturated/α-hetero) is 1. The Balaban J connectivity index is 2.01. The second-order valence-electron chi connectivity index (χ2n) is 4.48. The Morgan fingerprint density at radius 1 is 0.950 bits per heavy atom. The first-order chi connectivity index (χ1) is 9.58. The van der Waals surface area contributed by atoms with Crippen molar-refractivity contribution in [1.82, 2.24) is 0 Å². The average molecular weight is 306 g/mol. The fourth-order valence-electron chi connectivity index (χ4n) is 2.24. The van der Waals surface area contributed by atoms with Gasteiger partial charge in [-0.05, 0) is 29.8 Å². The van der Waals surface area contributed by atoms with Crippen LogP contribution in [0, 0.1) is 0 Å². The van der Waals surface area contributed by atoms with E-state index >= 15 is 0 Å². The molecule has 0 aliphatic carbocycles. The van der Waals surface area contributed by atoms with Gasteiger partial charge in [0.2, 0.25) is 0 Å². The number of halogens is 2. The summed E-state index contributed by atoms with van der Waals surface area (Å²) in [5.74, 6) is -1.07. The molecule has 2 aromatic carbocycles. The molecule has 5 heteroatoms. The lowest BCUT2D eigenvalue weighted by atomic mass is 10.1. The molecular weight excluding hydrogens is 297 g/mol. The van der Waals surface area contributed by atoms with Crippen molar-refractivity contribution in [2.75, 3.05) is 4.90 Å². The molecular formula is C15H9Cl2NO2. The number of amides is 1. The maximum absolute atomic E-state index is 12.1. The summed E-state index contributed by atoms with van der Waals surface area (Å²) in [4.78, 5) is 25.4. The van der Waals surface area contributed by atoms with E-state index in [1.807, 2.05) is 12.1 Å². The molecule has 0 saturated heterocycles. The monoisotopic (exact) mass is 305 g/mol. The van der Waals surface area contributed by atoms with Gasteiger partial charge in [0.25, 0.3) is 11.7 Å². The lowest BCUT2D eigenvalue weighted by molar-refractivity contribution is -0.114.